The molecule has 0 aliphatic rings. The van der Waals surface area contributed by atoms with Gasteiger partial charge in [-0.2, -0.15) is 5.26 Å². The number of aryl methyl sites for hydroxylation is 1. The first kappa shape index (κ1) is 19.7. The van der Waals surface area contributed by atoms with Crippen molar-refractivity contribution in [2.75, 3.05) is 6.26 Å². The summed E-state index contributed by atoms with van der Waals surface area (Å²) >= 11 is 1.50. The van der Waals surface area contributed by atoms with Crippen LogP contribution < -0.4 is 4.74 Å². The van der Waals surface area contributed by atoms with Crippen molar-refractivity contribution in [3.8, 4) is 17.6 Å². The van der Waals surface area contributed by atoms with Crippen LogP contribution in [0.2, 0.25) is 0 Å². The lowest BCUT2D eigenvalue weighted by atomic mass is 9.98. The number of rotatable bonds is 7. The fourth-order valence-electron chi connectivity index (χ4n) is 2.87. The second-order valence-corrected chi connectivity index (χ2v) is 7.03. The molecular weight excluding hydrogens is 370 g/mol. The molecule has 1 aromatic heterocycles. The smallest absolute Gasteiger partial charge is 0.187 e. The third-order valence-corrected chi connectivity index (χ3v) is 4.90. The van der Waals surface area contributed by atoms with Gasteiger partial charge in [0.2, 0.25) is 0 Å². The van der Waals surface area contributed by atoms with Gasteiger partial charge in [-0.1, -0.05) is 36.9 Å². The Kier molecular flexibility index (Phi) is 6.51. The van der Waals surface area contributed by atoms with Crippen LogP contribution in [0.1, 0.15) is 34.9 Å². The molecule has 0 unspecified atom stereocenters. The Morgan fingerprint density at radius 2 is 1.93 bits per heavy atom. The number of phenolic OH excluding ortho intramolecular Hbond substituents is 1. The molecule has 0 spiro atoms. The Morgan fingerprint density at radius 1 is 1.14 bits per heavy atom. The Morgan fingerprint density at radius 3 is 2.61 bits per heavy atom. The molecule has 3 aromatic rings. The minimum Gasteiger partial charge on any atom is -0.506 e. The van der Waals surface area contributed by atoms with E-state index in [0.717, 1.165) is 33.3 Å². The summed E-state index contributed by atoms with van der Waals surface area (Å²) in [7, 11) is 0. The summed E-state index contributed by atoms with van der Waals surface area (Å²) < 4.78 is 5.81. The number of nitriles is 1. The average Bonchev–Trinajstić information content (AvgIpc) is 2.74. The number of nitrogens with zero attached hydrogens (tertiary/aromatic N) is 3. The first-order valence-electron chi connectivity index (χ1n) is 8.95. The summed E-state index contributed by atoms with van der Waals surface area (Å²) in [6, 6.07) is 15.5. The number of benzene rings is 2. The largest absolute Gasteiger partial charge is 0.506 e. The van der Waals surface area contributed by atoms with Gasteiger partial charge in [0.05, 0.1) is 11.3 Å². The van der Waals surface area contributed by atoms with Crippen LogP contribution in [0, 0.1) is 11.3 Å². The zero-order valence-electron chi connectivity index (χ0n) is 15.8. The standard InChI is InChI=1S/C22H21N3O2S/c1-3-17-11-16(12-18(13-23)21(17)26)10-15-4-6-20(7-5-15)27-14-19-8-9-24-22(25-19)28-2/h4-9,11-12,26H,3,10,14H2,1-2H3. The van der Waals surface area contributed by atoms with Crippen LogP contribution in [0.25, 0.3) is 0 Å². The van der Waals surface area contributed by atoms with Gasteiger partial charge < -0.3 is 9.84 Å². The van der Waals surface area contributed by atoms with Crippen LogP contribution in [0.5, 0.6) is 11.5 Å². The molecule has 0 aliphatic heterocycles. The van der Waals surface area contributed by atoms with Crippen LogP contribution in [-0.2, 0) is 19.4 Å². The molecule has 28 heavy (non-hydrogen) atoms. The maximum Gasteiger partial charge on any atom is 0.187 e. The molecule has 1 heterocycles. The number of thioether (sulfide) groups is 1. The molecule has 0 fully saturated rings. The molecule has 0 atom stereocenters. The molecule has 0 aliphatic carbocycles. The van der Waals surface area contributed by atoms with Crippen LogP contribution >= 0.6 is 11.8 Å². The molecule has 3 rings (SSSR count). The van der Waals surface area contributed by atoms with Crippen molar-refractivity contribution in [1.82, 2.24) is 9.97 Å². The lowest BCUT2D eigenvalue weighted by molar-refractivity contribution is 0.300. The third-order valence-electron chi connectivity index (χ3n) is 4.34. The SMILES string of the molecule is CCc1cc(Cc2ccc(OCc3ccnc(SC)n3)cc2)cc(C#N)c1O. The summed E-state index contributed by atoms with van der Waals surface area (Å²) in [5.74, 6) is 0.859. The third kappa shape index (κ3) is 4.81. The van der Waals surface area contributed by atoms with Gasteiger partial charge in [0.15, 0.2) is 5.16 Å². The van der Waals surface area contributed by atoms with Crippen molar-refractivity contribution < 1.29 is 9.84 Å². The number of ether oxygens (including phenoxy) is 1. The Labute approximate surface area is 169 Å². The topological polar surface area (TPSA) is 79.0 Å². The lowest BCUT2D eigenvalue weighted by Crippen LogP contribution is -2.00. The summed E-state index contributed by atoms with van der Waals surface area (Å²) in [5.41, 5.74) is 4.07. The molecule has 0 radical (unpaired) electrons. The molecular formula is C22H21N3O2S. The van der Waals surface area contributed by atoms with Gasteiger partial charge in [-0.05, 0) is 60.1 Å². The average molecular weight is 391 g/mol. The lowest BCUT2D eigenvalue weighted by Gasteiger charge is -2.10. The fraction of sp³-hybridized carbons (Fsp3) is 0.227. The molecule has 5 nitrogen and oxygen atoms in total. The van der Waals surface area contributed by atoms with E-state index in [4.69, 9.17) is 4.74 Å². The Hall–Kier alpha value is -3.04. The van der Waals surface area contributed by atoms with E-state index in [2.05, 4.69) is 16.0 Å². The minimum absolute atomic E-state index is 0.0897. The number of aromatic nitrogens is 2. The van der Waals surface area contributed by atoms with Gasteiger partial charge in [-0.15, -0.1) is 0 Å². The second kappa shape index (κ2) is 9.25. The highest BCUT2D eigenvalue weighted by Gasteiger charge is 2.09. The molecule has 1 N–H and O–H groups in total. The van der Waals surface area contributed by atoms with Crippen LogP contribution in [0.3, 0.4) is 0 Å². The zero-order valence-corrected chi connectivity index (χ0v) is 16.7. The zero-order chi connectivity index (χ0) is 19.9. The van der Waals surface area contributed by atoms with Gasteiger partial charge in [-0.3, -0.25) is 0 Å². The molecule has 0 saturated heterocycles. The van der Waals surface area contributed by atoms with E-state index in [-0.39, 0.29) is 5.75 Å². The van der Waals surface area contributed by atoms with Crippen molar-refractivity contribution in [3.05, 3.63) is 76.6 Å². The predicted octanol–water partition coefficient (Wildman–Crippen LogP) is 4.51. The van der Waals surface area contributed by atoms with Crippen molar-refractivity contribution in [2.24, 2.45) is 0 Å². The Bertz CT molecular complexity index is 998. The van der Waals surface area contributed by atoms with Gasteiger partial charge in [0, 0.05) is 6.20 Å². The number of hydrogen-bond acceptors (Lipinski definition) is 6. The highest BCUT2D eigenvalue weighted by molar-refractivity contribution is 7.98. The highest BCUT2D eigenvalue weighted by atomic mass is 32.2. The van der Waals surface area contributed by atoms with Gasteiger partial charge in [0.25, 0.3) is 0 Å². The van der Waals surface area contributed by atoms with Crippen LogP contribution in [0.15, 0.2) is 53.8 Å². The summed E-state index contributed by atoms with van der Waals surface area (Å²) in [6.07, 6.45) is 5.04. The summed E-state index contributed by atoms with van der Waals surface area (Å²) in [5, 5.41) is 20.0. The maximum absolute atomic E-state index is 10.1. The van der Waals surface area contributed by atoms with Gasteiger partial charge in [-0.25, -0.2) is 9.97 Å². The quantitative estimate of drug-likeness (QED) is 0.472. The predicted molar refractivity (Wildman–Crippen MR) is 110 cm³/mol. The van der Waals surface area contributed by atoms with Crippen molar-refractivity contribution in [3.63, 3.8) is 0 Å². The second-order valence-electron chi connectivity index (χ2n) is 6.26. The number of hydrogen-bond donors (Lipinski definition) is 1. The van der Waals surface area contributed by atoms with E-state index in [1.807, 2.05) is 49.6 Å². The fourth-order valence-corrected chi connectivity index (χ4v) is 3.24. The van der Waals surface area contributed by atoms with E-state index >= 15 is 0 Å². The minimum atomic E-state index is 0.0897. The molecule has 2 aromatic carbocycles. The molecule has 0 bridgehead atoms. The first-order valence-corrected chi connectivity index (χ1v) is 10.2. The van der Waals surface area contributed by atoms with Crippen LogP contribution in [-0.4, -0.2) is 21.3 Å². The first-order chi connectivity index (χ1) is 13.6. The molecule has 0 amide bonds. The summed E-state index contributed by atoms with van der Waals surface area (Å²) in [6.45, 7) is 2.35. The van der Waals surface area contributed by atoms with Crippen LogP contribution in [0.4, 0.5) is 0 Å². The summed E-state index contributed by atoms with van der Waals surface area (Å²) in [4.78, 5) is 8.55. The number of aromatic hydroxyl groups is 1. The van der Waals surface area contributed by atoms with E-state index in [0.29, 0.717) is 25.0 Å². The van der Waals surface area contributed by atoms with Crippen molar-refractivity contribution >= 4 is 11.8 Å². The monoisotopic (exact) mass is 391 g/mol. The molecule has 142 valence electrons. The maximum atomic E-state index is 10.1. The molecule has 6 heteroatoms. The molecule has 0 saturated carbocycles. The van der Waals surface area contributed by atoms with E-state index in [1.54, 1.807) is 12.3 Å². The van der Waals surface area contributed by atoms with E-state index < -0.39 is 0 Å². The van der Waals surface area contributed by atoms with Crippen molar-refractivity contribution in [1.29, 1.82) is 5.26 Å². The number of phenols is 1. The van der Waals surface area contributed by atoms with E-state index in [1.165, 1.54) is 11.8 Å². The van der Waals surface area contributed by atoms with Gasteiger partial charge in [0.1, 0.15) is 24.2 Å². The normalized spacial score (nSPS) is 10.5. The highest BCUT2D eigenvalue weighted by Crippen LogP contribution is 2.26. The Balaban J connectivity index is 1.67. The van der Waals surface area contributed by atoms with E-state index in [9.17, 15) is 10.4 Å². The van der Waals surface area contributed by atoms with Gasteiger partial charge >= 0.3 is 0 Å². The van der Waals surface area contributed by atoms with Crippen molar-refractivity contribution in [2.45, 2.75) is 31.5 Å².